The van der Waals surface area contributed by atoms with Gasteiger partial charge in [-0.1, -0.05) is 5.16 Å². The Balaban J connectivity index is 1.74. The number of oxime groups is 1. The van der Waals surface area contributed by atoms with Crippen LogP contribution in [0, 0.1) is 5.92 Å². The maximum Gasteiger partial charge on any atom is 0.138 e. The molecule has 5 heteroatoms. The number of nitrogens with two attached hydrogens (primary N) is 1. The molecule has 0 radical (unpaired) electrons. The summed E-state index contributed by atoms with van der Waals surface area (Å²) >= 11 is 1.86. The lowest BCUT2D eigenvalue weighted by Gasteiger charge is -2.32. The summed E-state index contributed by atoms with van der Waals surface area (Å²) in [6, 6.07) is 0. The first kappa shape index (κ1) is 15.9. The first-order valence-corrected chi connectivity index (χ1v) is 8.73. The Hall–Kier alpha value is -0.520. The highest BCUT2D eigenvalue weighted by Gasteiger charge is 2.24. The van der Waals surface area contributed by atoms with Crippen molar-refractivity contribution in [3.63, 3.8) is 0 Å². The van der Waals surface area contributed by atoms with E-state index in [0.29, 0.717) is 12.5 Å². The van der Waals surface area contributed by atoms with Crippen molar-refractivity contribution in [1.29, 1.82) is 0 Å². The van der Waals surface area contributed by atoms with Gasteiger partial charge in [0.15, 0.2) is 0 Å². The van der Waals surface area contributed by atoms with Gasteiger partial charge in [-0.15, -0.1) is 11.8 Å². The van der Waals surface area contributed by atoms with Gasteiger partial charge < -0.3 is 15.5 Å². The molecule has 0 spiro atoms. The van der Waals surface area contributed by atoms with Crippen LogP contribution in [0.4, 0.5) is 0 Å². The zero-order valence-electron chi connectivity index (χ0n) is 12.5. The molecule has 0 bridgehead atoms. The van der Waals surface area contributed by atoms with Crippen molar-refractivity contribution < 1.29 is 4.84 Å². The standard InChI is InChI=1S/C15H27N3OS/c1-13-10-19-17-15(12-20-11-13)14-4-8-18(9-5-14)7-3-2-6-16/h11,14H,2-10,12,16H2,1H3/b13-11-,17-15+. The molecule has 2 aliphatic rings. The van der Waals surface area contributed by atoms with Crippen LogP contribution in [0.3, 0.4) is 0 Å². The summed E-state index contributed by atoms with van der Waals surface area (Å²) in [7, 11) is 0. The normalized spacial score (nSPS) is 27.7. The second-order valence-corrected chi connectivity index (χ2v) is 6.60. The largest absolute Gasteiger partial charge is 0.391 e. The van der Waals surface area contributed by atoms with E-state index >= 15 is 0 Å². The molecule has 0 aliphatic carbocycles. The molecule has 0 amide bonds. The molecule has 114 valence electrons. The van der Waals surface area contributed by atoms with Gasteiger partial charge in [-0.25, -0.2) is 0 Å². The smallest absolute Gasteiger partial charge is 0.138 e. The van der Waals surface area contributed by atoms with Crippen LogP contribution in [0.1, 0.15) is 32.6 Å². The first-order chi connectivity index (χ1) is 9.79. The molecule has 0 saturated carbocycles. The second-order valence-electron chi connectivity index (χ2n) is 5.74. The molecule has 2 heterocycles. The third kappa shape index (κ3) is 5.11. The van der Waals surface area contributed by atoms with Crippen LogP contribution in [0.2, 0.25) is 0 Å². The minimum absolute atomic E-state index is 0.611. The molecule has 0 unspecified atom stereocenters. The quantitative estimate of drug-likeness (QED) is 0.792. The summed E-state index contributed by atoms with van der Waals surface area (Å²) in [6.07, 6.45) is 4.80. The monoisotopic (exact) mass is 297 g/mol. The summed E-state index contributed by atoms with van der Waals surface area (Å²) in [4.78, 5) is 8.00. The van der Waals surface area contributed by atoms with Crippen LogP contribution in [0.25, 0.3) is 0 Å². The maximum absolute atomic E-state index is 5.55. The molecule has 2 rings (SSSR count). The van der Waals surface area contributed by atoms with Crippen LogP contribution in [-0.2, 0) is 4.84 Å². The van der Waals surface area contributed by atoms with Crippen molar-refractivity contribution in [2.75, 3.05) is 38.5 Å². The van der Waals surface area contributed by atoms with Gasteiger partial charge in [0.25, 0.3) is 0 Å². The summed E-state index contributed by atoms with van der Waals surface area (Å²) in [5.41, 5.74) is 8.05. The maximum atomic E-state index is 5.55. The van der Waals surface area contributed by atoms with Crippen LogP contribution in [0.5, 0.6) is 0 Å². The zero-order valence-corrected chi connectivity index (χ0v) is 13.3. The van der Waals surface area contributed by atoms with E-state index in [4.69, 9.17) is 10.6 Å². The molecule has 1 saturated heterocycles. The number of thioether (sulfide) groups is 1. The average molecular weight is 297 g/mol. The minimum Gasteiger partial charge on any atom is -0.391 e. The van der Waals surface area contributed by atoms with Crippen molar-refractivity contribution >= 4 is 17.5 Å². The topological polar surface area (TPSA) is 50.8 Å². The molecule has 0 aromatic rings. The summed E-state index contributed by atoms with van der Waals surface area (Å²) < 4.78 is 0. The number of unbranched alkanes of at least 4 members (excludes halogenated alkanes) is 1. The Kier molecular flexibility index (Phi) is 6.90. The lowest BCUT2D eigenvalue weighted by atomic mass is 9.92. The fraction of sp³-hybridized carbons (Fsp3) is 0.800. The molecular weight excluding hydrogens is 270 g/mol. The highest BCUT2D eigenvalue weighted by Crippen LogP contribution is 2.23. The first-order valence-electron chi connectivity index (χ1n) is 7.68. The average Bonchev–Trinajstić information content (AvgIpc) is 2.44. The van der Waals surface area contributed by atoms with E-state index in [-0.39, 0.29) is 0 Å². The van der Waals surface area contributed by atoms with Gasteiger partial charge >= 0.3 is 0 Å². The van der Waals surface area contributed by atoms with Gasteiger partial charge in [0.2, 0.25) is 0 Å². The molecule has 2 aliphatic heterocycles. The SMILES string of the molecule is C/C1=C/SC/C(C2CCN(CCCCN)CC2)=N\OC1. The second kappa shape index (κ2) is 8.70. The molecule has 0 aromatic carbocycles. The van der Waals surface area contributed by atoms with E-state index in [0.717, 1.165) is 18.7 Å². The van der Waals surface area contributed by atoms with Crippen molar-refractivity contribution in [2.45, 2.75) is 32.6 Å². The van der Waals surface area contributed by atoms with Crippen molar-refractivity contribution in [3.8, 4) is 0 Å². The third-order valence-electron chi connectivity index (χ3n) is 3.98. The van der Waals surface area contributed by atoms with E-state index < -0.39 is 0 Å². The Morgan fingerprint density at radius 1 is 1.40 bits per heavy atom. The van der Waals surface area contributed by atoms with Gasteiger partial charge in [0, 0.05) is 11.7 Å². The Labute approximate surface area is 126 Å². The Morgan fingerprint density at radius 2 is 2.20 bits per heavy atom. The molecule has 0 atom stereocenters. The van der Waals surface area contributed by atoms with Crippen LogP contribution in [0.15, 0.2) is 16.1 Å². The number of likely N-dealkylation sites (tertiary alicyclic amines) is 1. The van der Waals surface area contributed by atoms with Gasteiger partial charge in [0.1, 0.15) is 6.61 Å². The Bertz CT molecular complexity index is 349. The third-order valence-corrected chi connectivity index (χ3v) is 5.01. The van der Waals surface area contributed by atoms with Gasteiger partial charge in [-0.3, -0.25) is 0 Å². The van der Waals surface area contributed by atoms with E-state index in [9.17, 15) is 0 Å². The number of rotatable bonds is 5. The lowest BCUT2D eigenvalue weighted by molar-refractivity contribution is 0.160. The van der Waals surface area contributed by atoms with Gasteiger partial charge in [-0.2, -0.15) is 0 Å². The predicted octanol–water partition coefficient (Wildman–Crippen LogP) is 2.46. The minimum atomic E-state index is 0.611. The number of hydrogen-bond donors (Lipinski definition) is 1. The fourth-order valence-corrected chi connectivity index (χ4v) is 3.60. The molecule has 20 heavy (non-hydrogen) atoms. The van der Waals surface area contributed by atoms with E-state index in [1.54, 1.807) is 0 Å². The molecule has 2 N–H and O–H groups in total. The lowest BCUT2D eigenvalue weighted by Crippen LogP contribution is -2.37. The number of hydrogen-bond acceptors (Lipinski definition) is 5. The fourth-order valence-electron chi connectivity index (χ4n) is 2.71. The van der Waals surface area contributed by atoms with E-state index in [1.807, 2.05) is 11.8 Å². The summed E-state index contributed by atoms with van der Waals surface area (Å²) in [6.45, 7) is 7.11. The van der Waals surface area contributed by atoms with Crippen molar-refractivity contribution in [3.05, 3.63) is 11.0 Å². The van der Waals surface area contributed by atoms with Crippen LogP contribution >= 0.6 is 11.8 Å². The molecule has 4 nitrogen and oxygen atoms in total. The summed E-state index contributed by atoms with van der Waals surface area (Å²) in [5.74, 6) is 1.59. The van der Waals surface area contributed by atoms with Crippen LogP contribution < -0.4 is 5.73 Å². The van der Waals surface area contributed by atoms with E-state index in [1.165, 1.54) is 50.2 Å². The highest BCUT2D eigenvalue weighted by atomic mass is 32.2. The van der Waals surface area contributed by atoms with E-state index in [2.05, 4.69) is 22.4 Å². The Morgan fingerprint density at radius 3 is 2.95 bits per heavy atom. The molecule has 0 aromatic heterocycles. The predicted molar refractivity (Wildman–Crippen MR) is 87.1 cm³/mol. The molecular formula is C15H27N3OS. The summed E-state index contributed by atoms with van der Waals surface area (Å²) in [5, 5.41) is 6.58. The van der Waals surface area contributed by atoms with Crippen molar-refractivity contribution in [2.24, 2.45) is 16.8 Å². The van der Waals surface area contributed by atoms with Crippen molar-refractivity contribution in [1.82, 2.24) is 4.90 Å². The zero-order chi connectivity index (χ0) is 14.2. The number of piperidine rings is 1. The van der Waals surface area contributed by atoms with Gasteiger partial charge in [-0.05, 0) is 69.8 Å². The molecule has 1 fully saturated rings. The van der Waals surface area contributed by atoms with Crippen LogP contribution in [-0.4, -0.2) is 49.2 Å². The van der Waals surface area contributed by atoms with Gasteiger partial charge in [0.05, 0.1) is 5.71 Å². The highest BCUT2D eigenvalue weighted by molar-refractivity contribution is 8.02. The number of nitrogens with zero attached hydrogens (tertiary/aromatic N) is 2.